The number of hydrogen-bond donors (Lipinski definition) is 2. The fourth-order valence-corrected chi connectivity index (χ4v) is 4.32. The highest BCUT2D eigenvalue weighted by molar-refractivity contribution is 6.01. The zero-order valence-corrected chi connectivity index (χ0v) is 16.3. The Morgan fingerprint density at radius 3 is 2.67 bits per heavy atom. The van der Waals surface area contributed by atoms with Crippen LogP contribution in [-0.2, 0) is 0 Å². The van der Waals surface area contributed by atoms with Crippen LogP contribution in [0.3, 0.4) is 0 Å². The maximum atomic E-state index is 11.3. The van der Waals surface area contributed by atoms with Gasteiger partial charge >= 0.3 is 5.97 Å². The number of fused-ring (bicyclic) bond motifs is 2. The number of H-pyrrole nitrogens is 1. The lowest BCUT2D eigenvalue weighted by molar-refractivity contribution is 0.0697. The third kappa shape index (κ3) is 3.05. The van der Waals surface area contributed by atoms with E-state index in [0.717, 1.165) is 64.6 Å². The summed E-state index contributed by atoms with van der Waals surface area (Å²) in [6.07, 6.45) is 5.53. The number of nitriles is 1. The second kappa shape index (κ2) is 7.20. The molecule has 6 nitrogen and oxygen atoms in total. The number of aromatic carboxylic acids is 1. The summed E-state index contributed by atoms with van der Waals surface area (Å²) in [5.41, 5.74) is 4.36. The molecule has 2 aromatic carbocycles. The second-order valence-corrected chi connectivity index (χ2v) is 7.73. The van der Waals surface area contributed by atoms with E-state index in [1.807, 2.05) is 30.6 Å². The van der Waals surface area contributed by atoms with Gasteiger partial charge in [-0.15, -0.1) is 0 Å². The van der Waals surface area contributed by atoms with Crippen LogP contribution in [0.4, 0.5) is 5.69 Å². The number of hydrogen-bond acceptors (Lipinski definition) is 4. The first-order chi connectivity index (χ1) is 14.6. The summed E-state index contributed by atoms with van der Waals surface area (Å²) >= 11 is 0. The average molecular weight is 396 g/mol. The van der Waals surface area contributed by atoms with Gasteiger partial charge in [-0.25, -0.2) is 9.78 Å². The number of pyridine rings is 1. The van der Waals surface area contributed by atoms with Crippen molar-refractivity contribution >= 4 is 33.5 Å². The van der Waals surface area contributed by atoms with E-state index in [2.05, 4.69) is 33.1 Å². The van der Waals surface area contributed by atoms with E-state index in [-0.39, 0.29) is 11.5 Å². The van der Waals surface area contributed by atoms with Crippen LogP contribution in [0, 0.1) is 17.2 Å². The highest BCUT2D eigenvalue weighted by Crippen LogP contribution is 2.39. The number of piperidine rings is 1. The Kier molecular flexibility index (Phi) is 4.36. The van der Waals surface area contributed by atoms with Crippen LogP contribution in [0.1, 0.15) is 23.2 Å². The lowest BCUT2D eigenvalue weighted by Gasteiger charge is -2.33. The first kappa shape index (κ1) is 18.2. The van der Waals surface area contributed by atoms with Gasteiger partial charge in [0.15, 0.2) is 0 Å². The van der Waals surface area contributed by atoms with Crippen molar-refractivity contribution in [2.24, 2.45) is 5.92 Å². The van der Waals surface area contributed by atoms with Crippen molar-refractivity contribution in [3.8, 4) is 17.2 Å². The van der Waals surface area contributed by atoms with Crippen LogP contribution in [0.2, 0.25) is 0 Å². The number of carboxylic acids is 1. The van der Waals surface area contributed by atoms with E-state index in [9.17, 15) is 15.2 Å². The lowest BCUT2D eigenvalue weighted by atomic mass is 9.95. The fourth-order valence-electron chi connectivity index (χ4n) is 4.32. The molecule has 0 saturated carbocycles. The topological polar surface area (TPSA) is 93.0 Å². The van der Waals surface area contributed by atoms with Crippen molar-refractivity contribution < 1.29 is 9.90 Å². The van der Waals surface area contributed by atoms with E-state index >= 15 is 0 Å². The maximum absolute atomic E-state index is 11.3. The molecular formula is C24H20N4O2. The summed E-state index contributed by atoms with van der Waals surface area (Å²) in [4.78, 5) is 21.4. The van der Waals surface area contributed by atoms with Crippen LogP contribution in [0.5, 0.6) is 0 Å². The van der Waals surface area contributed by atoms with E-state index in [4.69, 9.17) is 0 Å². The van der Waals surface area contributed by atoms with Gasteiger partial charge in [0.25, 0.3) is 0 Å². The van der Waals surface area contributed by atoms with Crippen molar-refractivity contribution in [2.75, 3.05) is 18.0 Å². The summed E-state index contributed by atoms with van der Waals surface area (Å²) in [5, 5.41) is 21.4. The molecule has 0 radical (unpaired) electrons. The fraction of sp³-hybridized carbons (Fsp3) is 0.208. The van der Waals surface area contributed by atoms with Gasteiger partial charge in [-0.05, 0) is 53.4 Å². The first-order valence-electron chi connectivity index (χ1n) is 10.0. The Morgan fingerprint density at radius 2 is 1.90 bits per heavy atom. The van der Waals surface area contributed by atoms with Crippen LogP contribution in [0.15, 0.2) is 54.9 Å². The van der Waals surface area contributed by atoms with Gasteiger partial charge in [0.05, 0.1) is 17.3 Å². The maximum Gasteiger partial charge on any atom is 0.335 e. The molecule has 1 aliphatic heterocycles. The molecule has 30 heavy (non-hydrogen) atoms. The Balaban J connectivity index is 1.63. The van der Waals surface area contributed by atoms with Crippen LogP contribution < -0.4 is 4.90 Å². The number of aromatic amines is 1. The number of nitrogens with one attached hydrogen (secondary N) is 1. The molecule has 5 rings (SSSR count). The average Bonchev–Trinajstić information content (AvgIpc) is 3.26. The number of rotatable bonds is 3. The number of anilines is 1. The van der Waals surface area contributed by atoms with Crippen molar-refractivity contribution in [1.29, 1.82) is 5.26 Å². The van der Waals surface area contributed by atoms with Gasteiger partial charge in [0, 0.05) is 42.4 Å². The minimum atomic E-state index is -0.925. The van der Waals surface area contributed by atoms with Crippen molar-refractivity contribution in [2.45, 2.75) is 12.8 Å². The molecule has 0 bridgehead atoms. The molecule has 148 valence electrons. The first-order valence-corrected chi connectivity index (χ1v) is 10.0. The minimum absolute atomic E-state index is 0.123. The number of aromatic nitrogens is 2. The van der Waals surface area contributed by atoms with E-state index in [1.54, 1.807) is 12.1 Å². The molecule has 2 N–H and O–H groups in total. The molecule has 1 fully saturated rings. The molecule has 0 aliphatic carbocycles. The predicted molar refractivity (Wildman–Crippen MR) is 117 cm³/mol. The molecule has 0 amide bonds. The SMILES string of the molecule is N#CC1CCN(c2c(-c3ccc4cc(C(=O)O)ccc4c3)cnc3[nH]ccc23)CC1. The zero-order chi connectivity index (χ0) is 20.7. The Bertz CT molecular complexity index is 1310. The van der Waals surface area contributed by atoms with Gasteiger partial charge in [-0.3, -0.25) is 0 Å². The molecular weight excluding hydrogens is 376 g/mol. The third-order valence-corrected chi connectivity index (χ3v) is 5.95. The Morgan fingerprint density at radius 1 is 1.13 bits per heavy atom. The molecule has 0 atom stereocenters. The van der Waals surface area contributed by atoms with Gasteiger partial charge in [-0.2, -0.15) is 5.26 Å². The van der Waals surface area contributed by atoms with Gasteiger partial charge in [0.2, 0.25) is 0 Å². The van der Waals surface area contributed by atoms with Crippen LogP contribution >= 0.6 is 0 Å². The second-order valence-electron chi connectivity index (χ2n) is 7.73. The number of carbonyl (C=O) groups is 1. The van der Waals surface area contributed by atoms with Crippen molar-refractivity contribution in [3.05, 3.63) is 60.4 Å². The molecule has 2 aromatic heterocycles. The van der Waals surface area contributed by atoms with Crippen molar-refractivity contribution in [1.82, 2.24) is 9.97 Å². The summed E-state index contributed by atoms with van der Waals surface area (Å²) in [7, 11) is 0. The summed E-state index contributed by atoms with van der Waals surface area (Å²) in [5.74, 6) is -0.802. The van der Waals surface area contributed by atoms with Gasteiger partial charge < -0.3 is 15.0 Å². The monoisotopic (exact) mass is 396 g/mol. The highest BCUT2D eigenvalue weighted by Gasteiger charge is 2.23. The van der Waals surface area contributed by atoms with Crippen molar-refractivity contribution in [3.63, 3.8) is 0 Å². The zero-order valence-electron chi connectivity index (χ0n) is 16.3. The summed E-state index contributed by atoms with van der Waals surface area (Å²) in [6.45, 7) is 1.68. The molecule has 0 spiro atoms. The summed E-state index contributed by atoms with van der Waals surface area (Å²) < 4.78 is 0. The number of carboxylic acid groups (broad SMARTS) is 1. The molecule has 4 aromatic rings. The van der Waals surface area contributed by atoms with Crippen LogP contribution in [-0.4, -0.2) is 34.1 Å². The van der Waals surface area contributed by atoms with E-state index < -0.39 is 5.97 Å². The minimum Gasteiger partial charge on any atom is -0.478 e. The molecule has 6 heteroatoms. The Labute approximate surface area is 173 Å². The predicted octanol–water partition coefficient (Wildman–Crippen LogP) is 4.82. The molecule has 1 aliphatic rings. The normalized spacial score (nSPS) is 14.8. The van der Waals surface area contributed by atoms with Crippen LogP contribution in [0.25, 0.3) is 32.9 Å². The van der Waals surface area contributed by atoms with Gasteiger partial charge in [0.1, 0.15) is 5.65 Å². The van der Waals surface area contributed by atoms with E-state index in [1.165, 1.54) is 0 Å². The van der Waals surface area contributed by atoms with E-state index in [0.29, 0.717) is 0 Å². The Hall–Kier alpha value is -3.85. The van der Waals surface area contributed by atoms with Gasteiger partial charge in [-0.1, -0.05) is 18.2 Å². The number of benzene rings is 2. The largest absolute Gasteiger partial charge is 0.478 e. The highest BCUT2D eigenvalue weighted by atomic mass is 16.4. The lowest BCUT2D eigenvalue weighted by Crippen LogP contribution is -2.33. The number of nitrogens with zero attached hydrogens (tertiary/aromatic N) is 3. The quantitative estimate of drug-likeness (QED) is 0.518. The summed E-state index contributed by atoms with van der Waals surface area (Å²) in [6, 6.07) is 15.7. The third-order valence-electron chi connectivity index (χ3n) is 5.95. The molecule has 3 heterocycles. The molecule has 0 unspecified atom stereocenters. The molecule has 1 saturated heterocycles. The standard InChI is InChI=1S/C24H20N4O2/c25-13-15-6-9-28(10-7-15)22-20-5-8-26-23(20)27-14-21(22)18-3-1-17-12-19(24(29)30)4-2-16(17)11-18/h1-5,8,11-12,14-15H,6-7,9-10H2,(H,26,27)(H,29,30). The smallest absolute Gasteiger partial charge is 0.335 e.